The number of hydrogen-bond acceptors (Lipinski definition) is 3. The minimum absolute atomic E-state index is 0.118. The first-order valence-electron chi connectivity index (χ1n) is 33.8. The Morgan fingerprint density at radius 3 is 0.590 bits per heavy atom. The number of carboxylic acids is 2. The van der Waals surface area contributed by atoms with E-state index in [4.69, 9.17) is 10.2 Å². The van der Waals surface area contributed by atoms with Gasteiger partial charge in [-0.2, -0.15) is 0 Å². The highest BCUT2D eigenvalue weighted by atomic mass is 32.2. The Morgan fingerprint density at radius 2 is 0.449 bits per heavy atom. The van der Waals surface area contributed by atoms with Crippen LogP contribution in [-0.4, -0.2) is 88.0 Å². The number of carboxylic acid groups (broad SMARTS) is 2. The van der Waals surface area contributed by atoms with Crippen LogP contribution in [0.5, 0.6) is 0 Å². The van der Waals surface area contributed by atoms with E-state index in [9.17, 15) is 14.1 Å². The maximum absolute atomic E-state index is 12.2. The smallest absolute Gasteiger partial charge is 0.335 e. The molecule has 0 bridgehead atoms. The van der Waals surface area contributed by atoms with Crippen molar-refractivity contribution in [3.63, 3.8) is 0 Å². The number of benzene rings is 2. The molecule has 0 fully saturated rings. The van der Waals surface area contributed by atoms with Crippen LogP contribution in [0.1, 0.15) is 333 Å². The average Bonchev–Trinajstić information content (AvgIpc) is 3.44. The lowest BCUT2D eigenvalue weighted by atomic mass is 10.1. The molecule has 7 nitrogen and oxygen atoms in total. The Hall–Kier alpha value is -2.39. The Morgan fingerprint density at radius 1 is 0.295 bits per heavy atom. The van der Waals surface area contributed by atoms with Crippen molar-refractivity contribution in [2.45, 2.75) is 322 Å². The van der Waals surface area contributed by atoms with E-state index in [1.165, 1.54) is 367 Å². The summed E-state index contributed by atoms with van der Waals surface area (Å²) in [5, 5.41) is 17.6. The molecule has 0 atom stereocenters. The molecule has 0 aliphatic rings. The summed E-state index contributed by atoms with van der Waals surface area (Å²) < 4.78 is 15.2. The molecule has 2 rings (SSSR count). The van der Waals surface area contributed by atoms with E-state index in [2.05, 4.69) is 55.4 Å². The second-order valence-corrected chi connectivity index (χ2v) is 25.2. The summed E-state index contributed by atoms with van der Waals surface area (Å²) in [6.45, 7) is 30.5. The molecule has 0 heterocycles. The lowest BCUT2D eigenvalue weighted by molar-refractivity contribution is -0.929. The van der Waals surface area contributed by atoms with Crippen LogP contribution in [0.25, 0.3) is 0 Å². The summed E-state index contributed by atoms with van der Waals surface area (Å²) in [7, 11) is 0. The number of hydrogen-bond donors (Lipinski definition) is 2. The molecule has 0 spiro atoms. The lowest BCUT2D eigenvalue weighted by Crippen LogP contribution is -2.50. The molecule has 0 saturated carbocycles. The van der Waals surface area contributed by atoms with Gasteiger partial charge < -0.3 is 23.7 Å². The molecule has 454 valence electrons. The van der Waals surface area contributed by atoms with Crippen LogP contribution < -0.4 is 0 Å². The van der Waals surface area contributed by atoms with E-state index in [-0.39, 0.29) is 11.1 Å². The van der Waals surface area contributed by atoms with Gasteiger partial charge in [0.1, 0.15) is 0 Å². The largest absolute Gasteiger partial charge is 0.606 e. The van der Waals surface area contributed by atoms with Crippen LogP contribution in [0.3, 0.4) is 0 Å². The normalized spacial score (nSPS) is 11.6. The monoisotopic (exact) mass is 1110 g/mol. The van der Waals surface area contributed by atoms with Gasteiger partial charge in [-0.25, -0.2) is 9.59 Å². The number of rotatable bonds is 52. The molecule has 0 aliphatic heterocycles. The van der Waals surface area contributed by atoms with Crippen LogP contribution >= 0.6 is 0 Å². The topological polar surface area (TPSA) is 97.7 Å². The minimum Gasteiger partial charge on any atom is -0.606 e. The Balaban J connectivity index is 0.00000116. The third-order valence-corrected chi connectivity index (χ3v) is 17.9. The zero-order valence-corrected chi connectivity index (χ0v) is 53.8. The van der Waals surface area contributed by atoms with E-state index in [1.54, 1.807) is 0 Å². The SMILES string of the molecule is CCCCCCC[N+](CCCCCCC)(CCCCCCC)CCCCCCC.CCCCCCC[N+](CCCCCCC)(CCCCCCC)CCCCCCC.O=C(O)c1ccc([S+]([O-])c2ccc(C(=O)O)cc2)cc1. The molecule has 0 saturated heterocycles. The molecule has 0 aliphatic carbocycles. The van der Waals surface area contributed by atoms with E-state index in [0.29, 0.717) is 9.79 Å². The molecule has 2 aromatic rings. The van der Waals surface area contributed by atoms with Crippen molar-refractivity contribution in [2.24, 2.45) is 0 Å². The maximum Gasteiger partial charge on any atom is 0.335 e. The third kappa shape index (κ3) is 40.7. The van der Waals surface area contributed by atoms with Gasteiger partial charge in [-0.05, 0) is 151 Å². The van der Waals surface area contributed by atoms with Crippen LogP contribution in [0, 0.1) is 0 Å². The highest BCUT2D eigenvalue weighted by Gasteiger charge is 2.27. The molecule has 8 heteroatoms. The zero-order valence-electron chi connectivity index (χ0n) is 53.0. The van der Waals surface area contributed by atoms with E-state index in [1.807, 2.05) is 0 Å². The van der Waals surface area contributed by atoms with E-state index >= 15 is 0 Å². The molecule has 0 radical (unpaired) electrons. The third-order valence-electron chi connectivity index (χ3n) is 16.5. The van der Waals surface area contributed by atoms with Gasteiger partial charge in [0.15, 0.2) is 9.79 Å². The Kier molecular flexibility index (Phi) is 52.2. The van der Waals surface area contributed by atoms with Crippen LogP contribution in [-0.2, 0) is 11.2 Å². The minimum atomic E-state index is -1.48. The summed E-state index contributed by atoms with van der Waals surface area (Å²) in [4.78, 5) is 22.4. The molecule has 78 heavy (non-hydrogen) atoms. The molecule has 2 aromatic carbocycles. The Labute approximate surface area is 488 Å². The summed E-state index contributed by atoms with van der Waals surface area (Å²) in [5.41, 5.74) is 0.235. The summed E-state index contributed by atoms with van der Waals surface area (Å²) in [6, 6.07) is 11.4. The quantitative estimate of drug-likeness (QED) is 0.0391. The zero-order chi connectivity index (χ0) is 57.6. The van der Waals surface area contributed by atoms with Gasteiger partial charge in [-0.1, -0.05) is 209 Å². The van der Waals surface area contributed by atoms with Gasteiger partial charge >= 0.3 is 11.9 Å². The molecular formula is C70H130N2O5S+2. The van der Waals surface area contributed by atoms with Gasteiger partial charge in [-0.15, -0.1) is 0 Å². The van der Waals surface area contributed by atoms with Crippen molar-refractivity contribution < 1.29 is 33.3 Å². The van der Waals surface area contributed by atoms with Crippen LogP contribution in [0.15, 0.2) is 58.3 Å². The molecular weight excluding hydrogens is 981 g/mol. The van der Waals surface area contributed by atoms with Crippen LogP contribution in [0.2, 0.25) is 0 Å². The van der Waals surface area contributed by atoms with Gasteiger partial charge in [0.25, 0.3) is 0 Å². The average molecular weight is 1110 g/mol. The first-order chi connectivity index (χ1) is 38.0. The maximum atomic E-state index is 12.2. The van der Waals surface area contributed by atoms with Crippen molar-refractivity contribution in [2.75, 3.05) is 52.4 Å². The van der Waals surface area contributed by atoms with Gasteiger partial charge in [0.2, 0.25) is 0 Å². The van der Waals surface area contributed by atoms with Crippen molar-refractivity contribution >= 4 is 23.1 Å². The summed E-state index contributed by atoms with van der Waals surface area (Å²) in [5.74, 6) is -2.10. The first kappa shape index (κ1) is 75.6. The van der Waals surface area contributed by atoms with Gasteiger partial charge in [-0.3, -0.25) is 0 Å². The highest BCUT2D eigenvalue weighted by Crippen LogP contribution is 2.24. The Bertz CT molecular complexity index is 1360. The predicted octanol–water partition coefficient (Wildman–Crippen LogP) is 21.6. The molecule has 0 amide bonds. The van der Waals surface area contributed by atoms with Crippen molar-refractivity contribution in [1.29, 1.82) is 0 Å². The van der Waals surface area contributed by atoms with Gasteiger partial charge in [0, 0.05) is 11.2 Å². The number of aromatic carboxylic acids is 2. The first-order valence-corrected chi connectivity index (χ1v) is 34.9. The summed E-state index contributed by atoms with van der Waals surface area (Å²) in [6.07, 6.45) is 57.6. The van der Waals surface area contributed by atoms with E-state index < -0.39 is 23.1 Å². The molecule has 0 unspecified atom stereocenters. The highest BCUT2D eigenvalue weighted by molar-refractivity contribution is 7.91. The second kappa shape index (κ2) is 53.9. The van der Waals surface area contributed by atoms with Gasteiger partial charge in [0.05, 0.1) is 63.5 Å². The number of nitrogens with zero attached hydrogens (tertiary/aromatic N) is 2. The fraction of sp³-hybridized carbons (Fsp3) is 0.800. The predicted molar refractivity (Wildman–Crippen MR) is 341 cm³/mol. The fourth-order valence-electron chi connectivity index (χ4n) is 11.3. The van der Waals surface area contributed by atoms with Crippen molar-refractivity contribution in [1.82, 2.24) is 0 Å². The molecule has 2 N–H and O–H groups in total. The fourth-order valence-corrected chi connectivity index (χ4v) is 12.4. The number of unbranched alkanes of at least 4 members (excludes halogenated alkanes) is 32. The van der Waals surface area contributed by atoms with Crippen molar-refractivity contribution in [3.8, 4) is 0 Å². The number of quaternary nitrogens is 2. The standard InChI is InChI=1S/2C28H60N.C14H10O5S/c2*1-5-9-13-17-21-25-29(26-22-18-14-10-6-2,27-23-19-15-11-7-3)28-24-20-16-12-8-4;15-13(16)9-1-5-11(6-2-9)20(19)12-7-3-10(4-8-12)14(17)18/h2*5-28H2,1-4H3;1-8H,(H,15,16)(H,17,18)/q2*+1;. The lowest BCUT2D eigenvalue weighted by Gasteiger charge is -2.40. The van der Waals surface area contributed by atoms with Crippen molar-refractivity contribution in [3.05, 3.63) is 59.7 Å². The number of carbonyl (C=O) groups is 2. The van der Waals surface area contributed by atoms with E-state index in [0.717, 1.165) is 0 Å². The van der Waals surface area contributed by atoms with Crippen LogP contribution in [0.4, 0.5) is 0 Å². The second-order valence-electron chi connectivity index (χ2n) is 23.7. The summed E-state index contributed by atoms with van der Waals surface area (Å²) >= 11 is -1.48. The molecule has 0 aromatic heterocycles.